The quantitative estimate of drug-likeness (QED) is 0.680. The normalized spacial score (nSPS) is 10.9. The van der Waals surface area contributed by atoms with E-state index in [1.165, 1.54) is 17.4 Å². The third-order valence-corrected chi connectivity index (χ3v) is 3.70. The summed E-state index contributed by atoms with van der Waals surface area (Å²) in [6, 6.07) is 12.8. The lowest BCUT2D eigenvalue weighted by molar-refractivity contribution is -0.112. The average molecular weight is 303 g/mol. The summed E-state index contributed by atoms with van der Waals surface area (Å²) in [6.45, 7) is 1.93. The van der Waals surface area contributed by atoms with Crippen LogP contribution in [0.15, 0.2) is 42.0 Å². The van der Waals surface area contributed by atoms with Crippen LogP contribution in [0.4, 0.5) is 5.69 Å². The van der Waals surface area contributed by atoms with E-state index in [0.29, 0.717) is 10.0 Å². The molecule has 1 amide bonds. The smallest absolute Gasteiger partial charge is 0.266 e. The molecule has 0 bridgehead atoms. The first-order chi connectivity index (χ1) is 9.58. The second-order valence-electron chi connectivity index (χ2n) is 4.14. The maximum atomic E-state index is 12.0. The summed E-state index contributed by atoms with van der Waals surface area (Å²) in [5.41, 5.74) is 1.75. The first kappa shape index (κ1) is 14.3. The summed E-state index contributed by atoms with van der Waals surface area (Å²) in [5.74, 6) is -0.428. The lowest BCUT2D eigenvalue weighted by Gasteiger charge is -2.04. The monoisotopic (exact) mass is 302 g/mol. The fourth-order valence-electron chi connectivity index (χ4n) is 1.62. The molecule has 0 spiro atoms. The highest BCUT2D eigenvalue weighted by molar-refractivity contribution is 7.17. The van der Waals surface area contributed by atoms with Gasteiger partial charge in [-0.2, -0.15) is 5.26 Å². The second-order valence-corrected chi connectivity index (χ2v) is 5.88. The van der Waals surface area contributed by atoms with Gasteiger partial charge in [-0.3, -0.25) is 4.79 Å². The molecule has 2 rings (SSSR count). The molecule has 0 radical (unpaired) electrons. The van der Waals surface area contributed by atoms with Crippen LogP contribution in [-0.2, 0) is 4.79 Å². The molecule has 0 fully saturated rings. The zero-order valence-electron chi connectivity index (χ0n) is 10.7. The number of rotatable bonds is 3. The van der Waals surface area contributed by atoms with Crippen molar-refractivity contribution in [3.8, 4) is 6.07 Å². The van der Waals surface area contributed by atoms with E-state index in [0.717, 1.165) is 10.4 Å². The van der Waals surface area contributed by atoms with E-state index >= 15 is 0 Å². The van der Waals surface area contributed by atoms with E-state index in [1.54, 1.807) is 18.2 Å². The topological polar surface area (TPSA) is 52.9 Å². The molecule has 2 aromatic rings. The van der Waals surface area contributed by atoms with Crippen LogP contribution in [0, 0.1) is 18.3 Å². The second kappa shape index (κ2) is 6.38. The van der Waals surface area contributed by atoms with Gasteiger partial charge in [0, 0.05) is 10.6 Å². The Balaban J connectivity index is 2.18. The maximum Gasteiger partial charge on any atom is 0.266 e. The van der Waals surface area contributed by atoms with Gasteiger partial charge >= 0.3 is 0 Å². The standard InChI is InChI=1S/C15H11ClN2OS/c1-10-3-2-4-12(7-10)18-15(19)11(9-17)8-13-5-6-14(16)20-13/h2-8H,1H3,(H,18,19). The number of hydrogen-bond donors (Lipinski definition) is 1. The summed E-state index contributed by atoms with van der Waals surface area (Å²) >= 11 is 7.14. The number of benzene rings is 1. The highest BCUT2D eigenvalue weighted by Gasteiger charge is 2.10. The molecule has 0 unspecified atom stereocenters. The van der Waals surface area contributed by atoms with Crippen LogP contribution in [0.5, 0.6) is 0 Å². The van der Waals surface area contributed by atoms with E-state index in [-0.39, 0.29) is 5.57 Å². The largest absolute Gasteiger partial charge is 0.321 e. The Hall–Kier alpha value is -2.09. The first-order valence-corrected chi connectivity index (χ1v) is 7.03. The fourth-order valence-corrected chi connectivity index (χ4v) is 2.62. The van der Waals surface area contributed by atoms with Crippen LogP contribution >= 0.6 is 22.9 Å². The van der Waals surface area contributed by atoms with Crippen LogP contribution in [0.3, 0.4) is 0 Å². The molecule has 1 aromatic heterocycles. The zero-order valence-corrected chi connectivity index (χ0v) is 12.3. The third kappa shape index (κ3) is 3.70. The molecule has 100 valence electrons. The number of thiophene rings is 1. The first-order valence-electron chi connectivity index (χ1n) is 5.83. The number of carbonyl (C=O) groups is 1. The number of nitriles is 1. The molecular weight excluding hydrogens is 292 g/mol. The van der Waals surface area contributed by atoms with Crippen molar-refractivity contribution >= 4 is 40.6 Å². The molecule has 0 aliphatic rings. The van der Waals surface area contributed by atoms with E-state index in [4.69, 9.17) is 16.9 Å². The summed E-state index contributed by atoms with van der Waals surface area (Å²) in [5, 5.41) is 11.8. The minimum atomic E-state index is -0.428. The number of amides is 1. The zero-order chi connectivity index (χ0) is 14.5. The predicted octanol–water partition coefficient (Wildman–Crippen LogP) is 4.26. The van der Waals surface area contributed by atoms with E-state index in [2.05, 4.69) is 5.32 Å². The van der Waals surface area contributed by atoms with Gasteiger partial charge < -0.3 is 5.32 Å². The maximum absolute atomic E-state index is 12.0. The molecular formula is C15H11ClN2OS. The Morgan fingerprint density at radius 1 is 1.40 bits per heavy atom. The number of nitrogens with zero attached hydrogens (tertiary/aromatic N) is 1. The average Bonchev–Trinajstić information content (AvgIpc) is 2.81. The molecule has 3 nitrogen and oxygen atoms in total. The number of nitrogens with one attached hydrogen (secondary N) is 1. The molecule has 0 aliphatic carbocycles. The van der Waals surface area contributed by atoms with Crippen molar-refractivity contribution < 1.29 is 4.79 Å². The Morgan fingerprint density at radius 2 is 2.20 bits per heavy atom. The van der Waals surface area contributed by atoms with E-state index < -0.39 is 5.91 Å². The fraction of sp³-hybridized carbons (Fsp3) is 0.0667. The van der Waals surface area contributed by atoms with Gasteiger partial charge in [0.15, 0.2) is 0 Å². The van der Waals surface area contributed by atoms with Crippen LogP contribution in [0.1, 0.15) is 10.4 Å². The molecule has 20 heavy (non-hydrogen) atoms. The van der Waals surface area contributed by atoms with Crippen molar-refractivity contribution in [3.63, 3.8) is 0 Å². The van der Waals surface area contributed by atoms with Crippen molar-refractivity contribution in [1.29, 1.82) is 5.26 Å². The highest BCUT2D eigenvalue weighted by Crippen LogP contribution is 2.23. The van der Waals surface area contributed by atoms with Gasteiger partial charge in [0.2, 0.25) is 0 Å². The molecule has 0 atom stereocenters. The Morgan fingerprint density at radius 3 is 2.80 bits per heavy atom. The van der Waals surface area contributed by atoms with Crippen molar-refractivity contribution in [1.82, 2.24) is 0 Å². The minimum Gasteiger partial charge on any atom is -0.321 e. The molecule has 0 aliphatic heterocycles. The molecule has 1 aromatic carbocycles. The summed E-state index contributed by atoms with van der Waals surface area (Å²) in [4.78, 5) is 12.8. The number of halogens is 1. The lowest BCUT2D eigenvalue weighted by Crippen LogP contribution is -2.13. The number of anilines is 1. The van der Waals surface area contributed by atoms with E-state index in [9.17, 15) is 4.79 Å². The van der Waals surface area contributed by atoms with Crippen molar-refractivity contribution in [2.24, 2.45) is 0 Å². The van der Waals surface area contributed by atoms with Crippen LogP contribution < -0.4 is 5.32 Å². The lowest BCUT2D eigenvalue weighted by atomic mass is 10.2. The Bertz CT molecular complexity index is 713. The summed E-state index contributed by atoms with van der Waals surface area (Å²) in [6.07, 6.45) is 1.53. The summed E-state index contributed by atoms with van der Waals surface area (Å²) in [7, 11) is 0. The molecule has 0 saturated carbocycles. The van der Waals surface area contributed by atoms with Crippen molar-refractivity contribution in [2.75, 3.05) is 5.32 Å². The van der Waals surface area contributed by atoms with Crippen LogP contribution in [0.25, 0.3) is 6.08 Å². The Kier molecular flexibility index (Phi) is 4.57. The molecule has 1 N–H and O–H groups in total. The number of aryl methyl sites for hydroxylation is 1. The number of carbonyl (C=O) groups excluding carboxylic acids is 1. The molecule has 1 heterocycles. The number of hydrogen-bond acceptors (Lipinski definition) is 3. The van der Waals surface area contributed by atoms with Gasteiger partial charge in [-0.25, -0.2) is 0 Å². The highest BCUT2D eigenvalue weighted by atomic mass is 35.5. The SMILES string of the molecule is Cc1cccc(NC(=O)C(C#N)=Cc2ccc(Cl)s2)c1. The van der Waals surface area contributed by atoms with Gasteiger partial charge in [0.25, 0.3) is 5.91 Å². The molecule has 5 heteroatoms. The van der Waals surface area contributed by atoms with Gasteiger partial charge in [0.05, 0.1) is 4.34 Å². The van der Waals surface area contributed by atoms with Crippen molar-refractivity contribution in [2.45, 2.75) is 6.92 Å². The van der Waals surface area contributed by atoms with E-state index in [1.807, 2.05) is 31.2 Å². The molecule has 0 saturated heterocycles. The van der Waals surface area contributed by atoms with Crippen molar-refractivity contribution in [3.05, 3.63) is 56.7 Å². The van der Waals surface area contributed by atoms with Gasteiger partial charge in [-0.15, -0.1) is 11.3 Å². The van der Waals surface area contributed by atoms with Gasteiger partial charge in [-0.05, 0) is 42.8 Å². The van der Waals surface area contributed by atoms with Gasteiger partial charge in [-0.1, -0.05) is 23.7 Å². The Labute approximate surface area is 126 Å². The predicted molar refractivity (Wildman–Crippen MR) is 82.7 cm³/mol. The van der Waals surface area contributed by atoms with Crippen LogP contribution in [0.2, 0.25) is 4.34 Å². The third-order valence-electron chi connectivity index (χ3n) is 2.52. The summed E-state index contributed by atoms with van der Waals surface area (Å²) < 4.78 is 0.618. The minimum absolute atomic E-state index is 0.0463. The van der Waals surface area contributed by atoms with Gasteiger partial charge in [0.1, 0.15) is 11.6 Å². The van der Waals surface area contributed by atoms with Crippen LogP contribution in [-0.4, -0.2) is 5.91 Å².